The van der Waals surface area contributed by atoms with Crippen LogP contribution in [0, 0.1) is 5.82 Å². The van der Waals surface area contributed by atoms with Crippen molar-refractivity contribution in [3.05, 3.63) is 58.5 Å². The third kappa shape index (κ3) is 2.38. The first-order valence-electron chi connectivity index (χ1n) is 5.36. The van der Waals surface area contributed by atoms with Gasteiger partial charge in [0.2, 0.25) is 5.43 Å². The van der Waals surface area contributed by atoms with E-state index in [1.807, 2.05) is 6.26 Å². The molecule has 0 aliphatic rings. The van der Waals surface area contributed by atoms with E-state index >= 15 is 0 Å². The third-order valence-corrected chi connectivity index (χ3v) is 3.39. The van der Waals surface area contributed by atoms with Crippen molar-refractivity contribution >= 4 is 17.4 Å². The molecular formula is C14H12FNOS. The topological polar surface area (TPSA) is 43.1 Å². The largest absolute Gasteiger partial charge is 0.396 e. The second kappa shape index (κ2) is 5.23. The number of hydrogen-bond donors (Lipinski definition) is 1. The SMILES string of the molecule is CSc1cc(F)ccc1-c1ccccc(N)c1=O. The summed E-state index contributed by atoms with van der Waals surface area (Å²) in [5.74, 6) is -0.316. The number of anilines is 1. The zero-order chi connectivity index (χ0) is 13.1. The molecule has 0 unspecified atom stereocenters. The highest BCUT2D eigenvalue weighted by Gasteiger charge is 2.09. The number of rotatable bonds is 2. The Labute approximate surface area is 109 Å². The molecule has 0 atom stereocenters. The molecule has 0 heterocycles. The Morgan fingerprint density at radius 3 is 2.56 bits per heavy atom. The zero-order valence-electron chi connectivity index (χ0n) is 9.81. The van der Waals surface area contributed by atoms with Crippen molar-refractivity contribution in [2.75, 3.05) is 12.0 Å². The van der Waals surface area contributed by atoms with Crippen LogP contribution in [0.5, 0.6) is 0 Å². The molecule has 0 aliphatic heterocycles. The van der Waals surface area contributed by atoms with Crippen LogP contribution in [0.3, 0.4) is 0 Å². The lowest BCUT2D eigenvalue weighted by Crippen LogP contribution is -2.07. The number of nitrogens with two attached hydrogens (primary N) is 1. The maximum absolute atomic E-state index is 13.2. The van der Waals surface area contributed by atoms with Crippen LogP contribution in [0.2, 0.25) is 0 Å². The molecular weight excluding hydrogens is 249 g/mol. The predicted octanol–water partition coefficient (Wildman–Crippen LogP) is 3.16. The van der Waals surface area contributed by atoms with Gasteiger partial charge in [0, 0.05) is 10.5 Å². The van der Waals surface area contributed by atoms with Gasteiger partial charge in [-0.05, 0) is 30.0 Å². The van der Waals surface area contributed by atoms with Crippen molar-refractivity contribution in [1.82, 2.24) is 0 Å². The molecule has 0 radical (unpaired) electrons. The standard InChI is InChI=1S/C14H12FNOS/c1-18-13-8-9(15)6-7-10(13)11-4-2-3-5-12(16)14(11)17/h2-8H,1H3,(H2,16,17). The summed E-state index contributed by atoms with van der Waals surface area (Å²) in [6.45, 7) is 0. The van der Waals surface area contributed by atoms with Gasteiger partial charge in [0.05, 0.1) is 5.69 Å². The van der Waals surface area contributed by atoms with Crippen LogP contribution < -0.4 is 11.2 Å². The van der Waals surface area contributed by atoms with Gasteiger partial charge in [-0.2, -0.15) is 0 Å². The van der Waals surface area contributed by atoms with E-state index in [4.69, 9.17) is 5.73 Å². The van der Waals surface area contributed by atoms with Gasteiger partial charge in [0.25, 0.3) is 0 Å². The fourth-order valence-corrected chi connectivity index (χ4v) is 2.35. The van der Waals surface area contributed by atoms with Crippen molar-refractivity contribution in [3.63, 3.8) is 0 Å². The molecule has 0 spiro atoms. The molecule has 2 aromatic rings. The zero-order valence-corrected chi connectivity index (χ0v) is 10.6. The quantitative estimate of drug-likeness (QED) is 0.844. The molecule has 0 fully saturated rings. The molecule has 18 heavy (non-hydrogen) atoms. The molecule has 0 aliphatic carbocycles. The van der Waals surface area contributed by atoms with E-state index in [9.17, 15) is 9.18 Å². The summed E-state index contributed by atoms with van der Waals surface area (Å²) in [4.78, 5) is 12.8. The highest BCUT2D eigenvalue weighted by molar-refractivity contribution is 7.98. The second-order valence-corrected chi connectivity index (χ2v) is 4.61. The fourth-order valence-electron chi connectivity index (χ4n) is 1.72. The summed E-state index contributed by atoms with van der Waals surface area (Å²) < 4.78 is 13.2. The minimum atomic E-state index is -0.316. The molecule has 0 amide bonds. The summed E-state index contributed by atoms with van der Waals surface area (Å²) >= 11 is 1.40. The third-order valence-electron chi connectivity index (χ3n) is 2.61. The van der Waals surface area contributed by atoms with Crippen molar-refractivity contribution in [1.29, 1.82) is 0 Å². The van der Waals surface area contributed by atoms with Crippen LogP contribution in [0.1, 0.15) is 0 Å². The number of hydrogen-bond acceptors (Lipinski definition) is 3. The lowest BCUT2D eigenvalue weighted by Gasteiger charge is -2.06. The lowest BCUT2D eigenvalue weighted by molar-refractivity contribution is 0.624. The summed E-state index contributed by atoms with van der Waals surface area (Å²) in [6.07, 6.45) is 1.84. The van der Waals surface area contributed by atoms with Gasteiger partial charge < -0.3 is 5.73 Å². The van der Waals surface area contributed by atoms with Crippen LogP contribution in [-0.4, -0.2) is 6.26 Å². The van der Waals surface area contributed by atoms with E-state index < -0.39 is 0 Å². The van der Waals surface area contributed by atoms with Crippen molar-refractivity contribution in [2.24, 2.45) is 0 Å². The van der Waals surface area contributed by atoms with Crippen LogP contribution in [-0.2, 0) is 0 Å². The highest BCUT2D eigenvalue weighted by atomic mass is 32.2. The number of nitrogen functional groups attached to an aromatic ring is 1. The molecule has 0 saturated heterocycles. The molecule has 2 N–H and O–H groups in total. The van der Waals surface area contributed by atoms with Crippen LogP contribution in [0.25, 0.3) is 11.1 Å². The Bertz CT molecular complexity index is 643. The normalized spacial score (nSPS) is 10.3. The van der Waals surface area contributed by atoms with E-state index in [-0.39, 0.29) is 16.9 Å². The Hall–Kier alpha value is -1.81. The van der Waals surface area contributed by atoms with E-state index in [0.29, 0.717) is 11.1 Å². The average molecular weight is 261 g/mol. The molecule has 0 aromatic heterocycles. The lowest BCUT2D eigenvalue weighted by atomic mass is 10.1. The van der Waals surface area contributed by atoms with Crippen LogP contribution in [0.15, 0.2) is 52.2 Å². The molecule has 92 valence electrons. The van der Waals surface area contributed by atoms with Crippen molar-refractivity contribution in [3.8, 4) is 11.1 Å². The molecule has 2 aromatic carbocycles. The van der Waals surface area contributed by atoms with E-state index in [1.54, 1.807) is 30.3 Å². The van der Waals surface area contributed by atoms with Gasteiger partial charge in [0.1, 0.15) is 5.82 Å². The molecule has 2 nitrogen and oxygen atoms in total. The Balaban J connectivity index is 2.74. The molecule has 4 heteroatoms. The number of thioether (sulfide) groups is 1. The fraction of sp³-hybridized carbons (Fsp3) is 0.0714. The number of benzene rings is 1. The smallest absolute Gasteiger partial charge is 0.209 e. The van der Waals surface area contributed by atoms with E-state index in [0.717, 1.165) is 4.90 Å². The second-order valence-electron chi connectivity index (χ2n) is 3.76. The van der Waals surface area contributed by atoms with E-state index in [2.05, 4.69) is 0 Å². The Morgan fingerprint density at radius 2 is 1.83 bits per heavy atom. The van der Waals surface area contributed by atoms with Gasteiger partial charge in [-0.15, -0.1) is 11.8 Å². The van der Waals surface area contributed by atoms with Gasteiger partial charge >= 0.3 is 0 Å². The maximum atomic E-state index is 13.2. The Morgan fingerprint density at radius 1 is 1.11 bits per heavy atom. The first-order chi connectivity index (χ1) is 8.63. The first-order valence-corrected chi connectivity index (χ1v) is 6.58. The molecule has 0 saturated carbocycles. The predicted molar refractivity (Wildman–Crippen MR) is 74.3 cm³/mol. The minimum Gasteiger partial charge on any atom is -0.396 e. The molecule has 0 bridgehead atoms. The maximum Gasteiger partial charge on any atom is 0.209 e. The van der Waals surface area contributed by atoms with Gasteiger partial charge in [-0.3, -0.25) is 4.79 Å². The minimum absolute atomic E-state index is 0.186. The summed E-state index contributed by atoms with van der Waals surface area (Å²) in [5, 5.41) is 0. The highest BCUT2D eigenvalue weighted by Crippen LogP contribution is 2.29. The summed E-state index contributed by atoms with van der Waals surface area (Å²) in [7, 11) is 0. The summed E-state index contributed by atoms with van der Waals surface area (Å²) in [5.41, 5.74) is 6.81. The van der Waals surface area contributed by atoms with E-state index in [1.165, 1.54) is 23.9 Å². The monoisotopic (exact) mass is 261 g/mol. The van der Waals surface area contributed by atoms with Gasteiger partial charge in [-0.1, -0.05) is 24.3 Å². The average Bonchev–Trinajstić information content (AvgIpc) is 2.53. The van der Waals surface area contributed by atoms with Gasteiger partial charge in [0.15, 0.2) is 0 Å². The van der Waals surface area contributed by atoms with Crippen molar-refractivity contribution < 1.29 is 4.39 Å². The first kappa shape index (κ1) is 12.6. The summed E-state index contributed by atoms with van der Waals surface area (Å²) in [6, 6.07) is 11.1. The molecule has 2 rings (SSSR count). The van der Waals surface area contributed by atoms with Crippen molar-refractivity contribution in [2.45, 2.75) is 4.90 Å². The van der Waals surface area contributed by atoms with Crippen LogP contribution >= 0.6 is 11.8 Å². The van der Waals surface area contributed by atoms with Gasteiger partial charge in [-0.25, -0.2) is 4.39 Å². The Kier molecular flexibility index (Phi) is 3.67. The van der Waals surface area contributed by atoms with Crippen LogP contribution in [0.4, 0.5) is 10.1 Å². The number of halogens is 1.